The Morgan fingerprint density at radius 2 is 1.96 bits per heavy atom. The minimum atomic E-state index is -0.127. The Morgan fingerprint density at radius 1 is 1.14 bits per heavy atom. The third kappa shape index (κ3) is 2.99. The van der Waals surface area contributed by atoms with Gasteiger partial charge in [0.1, 0.15) is 11.9 Å². The molecule has 2 aliphatic rings. The molecular formula is C21H20N4O3. The van der Waals surface area contributed by atoms with Crippen molar-refractivity contribution in [1.82, 2.24) is 20.4 Å². The number of aryl methyl sites for hydroxylation is 1. The molecule has 1 aromatic heterocycles. The van der Waals surface area contributed by atoms with Crippen LogP contribution >= 0.6 is 0 Å². The van der Waals surface area contributed by atoms with Gasteiger partial charge in [-0.1, -0.05) is 35.9 Å². The van der Waals surface area contributed by atoms with Crippen LogP contribution in [0, 0.1) is 6.92 Å². The van der Waals surface area contributed by atoms with E-state index in [1.807, 2.05) is 55.5 Å². The molecule has 1 atom stereocenters. The number of ether oxygens (including phenoxy) is 2. The van der Waals surface area contributed by atoms with Crippen molar-refractivity contribution in [3.63, 3.8) is 0 Å². The molecule has 2 N–H and O–H groups in total. The second-order valence-corrected chi connectivity index (χ2v) is 7.02. The van der Waals surface area contributed by atoms with Crippen molar-refractivity contribution < 1.29 is 14.3 Å². The molecule has 142 valence electrons. The molecule has 0 saturated carbocycles. The van der Waals surface area contributed by atoms with E-state index < -0.39 is 0 Å². The third-order valence-electron chi connectivity index (χ3n) is 5.05. The van der Waals surface area contributed by atoms with E-state index in [0.29, 0.717) is 18.8 Å². The van der Waals surface area contributed by atoms with Crippen LogP contribution in [-0.4, -0.2) is 29.0 Å². The fraction of sp³-hybridized carbons (Fsp3) is 0.238. The van der Waals surface area contributed by atoms with Crippen molar-refractivity contribution in [2.45, 2.75) is 19.6 Å². The Kier molecular flexibility index (Phi) is 4.02. The van der Waals surface area contributed by atoms with Gasteiger partial charge in [0, 0.05) is 12.1 Å². The zero-order valence-electron chi connectivity index (χ0n) is 15.4. The number of hydrogen-bond donors (Lipinski definition) is 2. The molecule has 5 rings (SSSR count). The summed E-state index contributed by atoms with van der Waals surface area (Å²) < 4.78 is 12.6. The lowest BCUT2D eigenvalue weighted by molar-refractivity contribution is 0.0900. The molecule has 7 heteroatoms. The van der Waals surface area contributed by atoms with Crippen LogP contribution in [0.25, 0.3) is 11.3 Å². The second-order valence-electron chi connectivity index (χ2n) is 7.02. The van der Waals surface area contributed by atoms with Crippen molar-refractivity contribution in [2.24, 2.45) is 0 Å². The van der Waals surface area contributed by atoms with Gasteiger partial charge in [0.05, 0.1) is 12.2 Å². The number of amides is 1. The molecule has 0 fully saturated rings. The first-order valence-corrected chi connectivity index (χ1v) is 9.24. The van der Waals surface area contributed by atoms with Crippen LogP contribution in [0.3, 0.4) is 0 Å². The lowest BCUT2D eigenvalue weighted by atomic mass is 10.1. The molecule has 28 heavy (non-hydrogen) atoms. The summed E-state index contributed by atoms with van der Waals surface area (Å²) in [6.45, 7) is 3.41. The van der Waals surface area contributed by atoms with Gasteiger partial charge in [-0.15, -0.1) is 0 Å². The van der Waals surface area contributed by atoms with Crippen LogP contribution in [0.5, 0.6) is 11.5 Å². The summed E-state index contributed by atoms with van der Waals surface area (Å²) in [6, 6.07) is 15.9. The number of nitrogens with zero attached hydrogens (tertiary/aromatic N) is 2. The van der Waals surface area contributed by atoms with Gasteiger partial charge in [-0.3, -0.25) is 10.1 Å². The minimum Gasteiger partial charge on any atom is -0.454 e. The molecule has 1 unspecified atom stereocenters. The molecule has 0 spiro atoms. The summed E-state index contributed by atoms with van der Waals surface area (Å²) in [7, 11) is 0. The number of rotatable bonds is 4. The highest BCUT2D eigenvalue weighted by Gasteiger charge is 2.27. The van der Waals surface area contributed by atoms with Crippen LogP contribution in [0.2, 0.25) is 0 Å². The minimum absolute atomic E-state index is 0.105. The number of carbonyl (C=O) groups is 1. The molecule has 1 amide bonds. The average Bonchev–Trinajstić information content (AvgIpc) is 3.35. The zero-order valence-corrected chi connectivity index (χ0v) is 15.4. The summed E-state index contributed by atoms with van der Waals surface area (Å²) in [5, 5.41) is 11.1. The van der Waals surface area contributed by atoms with E-state index in [2.05, 4.69) is 10.6 Å². The summed E-state index contributed by atoms with van der Waals surface area (Å²) in [5.74, 6) is 1.43. The van der Waals surface area contributed by atoms with Gasteiger partial charge in [0.15, 0.2) is 11.5 Å². The molecule has 3 heterocycles. The lowest BCUT2D eigenvalue weighted by Crippen LogP contribution is -2.45. The van der Waals surface area contributed by atoms with Gasteiger partial charge in [-0.25, -0.2) is 4.68 Å². The third-order valence-corrected chi connectivity index (χ3v) is 5.05. The molecule has 3 aromatic rings. The van der Waals surface area contributed by atoms with Crippen molar-refractivity contribution in [1.29, 1.82) is 0 Å². The molecule has 7 nitrogen and oxygen atoms in total. The van der Waals surface area contributed by atoms with E-state index >= 15 is 0 Å². The Bertz CT molecular complexity index is 1040. The highest BCUT2D eigenvalue weighted by atomic mass is 16.7. The summed E-state index contributed by atoms with van der Waals surface area (Å²) in [5.41, 5.74) is 4.61. The van der Waals surface area contributed by atoms with E-state index in [1.165, 1.54) is 5.56 Å². The first kappa shape index (κ1) is 16.8. The van der Waals surface area contributed by atoms with Crippen molar-refractivity contribution >= 4 is 5.91 Å². The van der Waals surface area contributed by atoms with Gasteiger partial charge < -0.3 is 14.8 Å². The quantitative estimate of drug-likeness (QED) is 0.732. The Hall–Kier alpha value is -3.32. The molecule has 0 aliphatic carbocycles. The number of aromatic nitrogens is 2. The van der Waals surface area contributed by atoms with Crippen LogP contribution < -0.4 is 20.1 Å². The van der Waals surface area contributed by atoms with Crippen LogP contribution in [0.15, 0.2) is 48.5 Å². The van der Waals surface area contributed by atoms with E-state index in [4.69, 9.17) is 14.6 Å². The van der Waals surface area contributed by atoms with E-state index in [-0.39, 0.29) is 18.9 Å². The van der Waals surface area contributed by atoms with Gasteiger partial charge in [-0.2, -0.15) is 5.10 Å². The van der Waals surface area contributed by atoms with Gasteiger partial charge in [-0.05, 0) is 30.7 Å². The number of hydrogen-bond acceptors (Lipinski definition) is 5. The van der Waals surface area contributed by atoms with Gasteiger partial charge >= 0.3 is 0 Å². The predicted octanol–water partition coefficient (Wildman–Crippen LogP) is 2.62. The van der Waals surface area contributed by atoms with E-state index in [9.17, 15) is 4.79 Å². The number of carbonyl (C=O) groups excluding carboxylic acids is 1. The van der Waals surface area contributed by atoms with Crippen LogP contribution in [-0.2, 0) is 6.54 Å². The number of nitrogens with one attached hydrogen (secondary N) is 2. The van der Waals surface area contributed by atoms with E-state index in [1.54, 1.807) is 4.68 Å². The summed E-state index contributed by atoms with van der Waals surface area (Å²) >= 11 is 0. The summed E-state index contributed by atoms with van der Waals surface area (Å²) in [6.07, 6.45) is -0.127. The highest BCUT2D eigenvalue weighted by Crippen LogP contribution is 2.32. The van der Waals surface area contributed by atoms with Crippen molar-refractivity contribution in [3.05, 3.63) is 65.4 Å². The SMILES string of the molecule is Cc1ccc(-c2cc3n(n2)C(NCc2ccc4c(c2)OCO4)CNC3=O)cc1. The fourth-order valence-electron chi connectivity index (χ4n) is 3.48. The largest absolute Gasteiger partial charge is 0.454 e. The maximum absolute atomic E-state index is 12.3. The molecule has 0 saturated heterocycles. The fourth-order valence-corrected chi connectivity index (χ4v) is 3.48. The molecule has 0 bridgehead atoms. The molecule has 0 radical (unpaired) electrons. The Labute approximate surface area is 162 Å². The second kappa shape index (κ2) is 6.69. The maximum atomic E-state index is 12.3. The zero-order chi connectivity index (χ0) is 19.1. The van der Waals surface area contributed by atoms with Crippen molar-refractivity contribution in [2.75, 3.05) is 13.3 Å². The Morgan fingerprint density at radius 3 is 2.82 bits per heavy atom. The number of benzene rings is 2. The molecular weight excluding hydrogens is 356 g/mol. The van der Waals surface area contributed by atoms with E-state index in [0.717, 1.165) is 28.3 Å². The van der Waals surface area contributed by atoms with Crippen LogP contribution in [0.4, 0.5) is 0 Å². The predicted molar refractivity (Wildman–Crippen MR) is 103 cm³/mol. The monoisotopic (exact) mass is 376 g/mol. The summed E-state index contributed by atoms with van der Waals surface area (Å²) in [4.78, 5) is 12.3. The first-order chi connectivity index (χ1) is 13.7. The number of fused-ring (bicyclic) bond motifs is 2. The Balaban J connectivity index is 1.38. The first-order valence-electron chi connectivity index (χ1n) is 9.24. The highest BCUT2D eigenvalue weighted by molar-refractivity contribution is 5.94. The lowest BCUT2D eigenvalue weighted by Gasteiger charge is -2.25. The average molecular weight is 376 g/mol. The molecule has 2 aliphatic heterocycles. The van der Waals surface area contributed by atoms with Crippen LogP contribution in [0.1, 0.15) is 27.8 Å². The van der Waals surface area contributed by atoms with Gasteiger partial charge in [0.2, 0.25) is 6.79 Å². The molecule has 2 aromatic carbocycles. The standard InChI is InChI=1S/C21H20N4O3/c1-13-2-5-15(6-3-13)16-9-17-21(26)23-11-20(25(17)24-16)22-10-14-4-7-18-19(8-14)28-12-27-18/h2-9,20,22H,10-12H2,1H3,(H,23,26). The maximum Gasteiger partial charge on any atom is 0.269 e. The van der Waals surface area contributed by atoms with Gasteiger partial charge in [0.25, 0.3) is 5.91 Å². The normalized spacial score (nSPS) is 17.3. The topological polar surface area (TPSA) is 77.4 Å². The smallest absolute Gasteiger partial charge is 0.269 e. The van der Waals surface area contributed by atoms with Crippen molar-refractivity contribution in [3.8, 4) is 22.8 Å².